The van der Waals surface area contributed by atoms with Crippen LogP contribution in [0.3, 0.4) is 0 Å². The molecule has 1 amide bonds. The summed E-state index contributed by atoms with van der Waals surface area (Å²) in [6.07, 6.45) is 1.95. The zero-order valence-corrected chi connectivity index (χ0v) is 10.6. The van der Waals surface area contributed by atoms with Crippen LogP contribution in [0.2, 0.25) is 0 Å². The van der Waals surface area contributed by atoms with E-state index in [2.05, 4.69) is 15.4 Å². The third kappa shape index (κ3) is 3.88. The van der Waals surface area contributed by atoms with E-state index in [0.717, 1.165) is 5.56 Å². The number of hydrogen-bond donors (Lipinski definition) is 1. The van der Waals surface area contributed by atoms with Crippen LogP contribution in [0.15, 0.2) is 30.6 Å². The highest BCUT2D eigenvalue weighted by molar-refractivity contribution is 5.75. The van der Waals surface area contributed by atoms with E-state index in [1.54, 1.807) is 18.2 Å². The highest BCUT2D eigenvalue weighted by Crippen LogP contribution is 2.02. The van der Waals surface area contributed by atoms with Crippen molar-refractivity contribution in [2.24, 2.45) is 0 Å². The molecule has 6 nitrogen and oxygen atoms in total. The van der Waals surface area contributed by atoms with E-state index in [-0.39, 0.29) is 24.1 Å². The molecule has 1 aromatic heterocycles. The lowest BCUT2D eigenvalue weighted by Gasteiger charge is -2.05. The minimum Gasteiger partial charge on any atom is -0.354 e. The number of aromatic nitrogens is 3. The lowest BCUT2D eigenvalue weighted by Crippen LogP contribution is -2.29. The Labute approximate surface area is 114 Å². The maximum atomic E-state index is 12.7. The quantitative estimate of drug-likeness (QED) is 0.866. The van der Waals surface area contributed by atoms with Crippen LogP contribution in [0.25, 0.3) is 0 Å². The van der Waals surface area contributed by atoms with E-state index in [4.69, 9.17) is 5.26 Å². The Morgan fingerprint density at radius 3 is 2.80 bits per heavy atom. The second-order valence-corrected chi connectivity index (χ2v) is 4.10. The summed E-state index contributed by atoms with van der Waals surface area (Å²) in [6.45, 7) is 0.461. The molecule has 2 aromatic rings. The molecule has 1 heterocycles. The zero-order chi connectivity index (χ0) is 14.4. The number of amides is 1. The summed E-state index contributed by atoms with van der Waals surface area (Å²) in [6, 6.07) is 7.91. The van der Waals surface area contributed by atoms with Crippen molar-refractivity contribution in [3.63, 3.8) is 0 Å². The average molecular weight is 273 g/mol. The minimum absolute atomic E-state index is 0.0120. The molecular weight excluding hydrogens is 261 g/mol. The Balaban J connectivity index is 1.75. The molecule has 0 atom stereocenters. The summed E-state index contributed by atoms with van der Waals surface area (Å²) in [4.78, 5) is 15.3. The first-order valence-electron chi connectivity index (χ1n) is 5.98. The number of nitriles is 1. The maximum absolute atomic E-state index is 12.7. The summed E-state index contributed by atoms with van der Waals surface area (Å²) >= 11 is 0. The predicted molar refractivity (Wildman–Crippen MR) is 67.9 cm³/mol. The van der Waals surface area contributed by atoms with Gasteiger partial charge in [0.2, 0.25) is 5.91 Å². The second kappa shape index (κ2) is 6.43. The fraction of sp³-hybridized carbons (Fsp3) is 0.231. The van der Waals surface area contributed by atoms with Crippen molar-refractivity contribution < 1.29 is 9.18 Å². The lowest BCUT2D eigenvalue weighted by molar-refractivity contribution is -0.121. The van der Waals surface area contributed by atoms with Crippen molar-refractivity contribution in [1.29, 1.82) is 5.26 Å². The maximum Gasteiger partial charge on any atom is 0.252 e. The summed E-state index contributed by atoms with van der Waals surface area (Å²) in [5.41, 5.74) is 0.944. The van der Waals surface area contributed by atoms with Gasteiger partial charge in [-0.3, -0.25) is 4.79 Å². The Kier molecular flexibility index (Phi) is 4.39. The SMILES string of the molecule is N#Cc1ncn(CC(=O)NCCc2ccc(F)cc2)n1. The number of halogens is 1. The Hall–Kier alpha value is -2.75. The van der Waals surface area contributed by atoms with Crippen molar-refractivity contribution in [3.05, 3.63) is 47.8 Å². The van der Waals surface area contributed by atoms with E-state index in [1.165, 1.54) is 23.1 Å². The van der Waals surface area contributed by atoms with Gasteiger partial charge in [0.15, 0.2) is 0 Å². The van der Waals surface area contributed by atoms with Crippen LogP contribution in [-0.4, -0.2) is 27.2 Å². The van der Waals surface area contributed by atoms with Gasteiger partial charge in [-0.05, 0) is 24.1 Å². The molecule has 0 spiro atoms. The first kappa shape index (κ1) is 13.7. The highest BCUT2D eigenvalue weighted by Gasteiger charge is 2.05. The number of hydrogen-bond acceptors (Lipinski definition) is 4. The van der Waals surface area contributed by atoms with Gasteiger partial charge < -0.3 is 5.32 Å². The molecule has 7 heteroatoms. The van der Waals surface area contributed by atoms with Gasteiger partial charge in [-0.1, -0.05) is 12.1 Å². The molecule has 0 saturated heterocycles. The number of nitrogens with zero attached hydrogens (tertiary/aromatic N) is 4. The molecule has 0 unspecified atom stereocenters. The number of benzene rings is 1. The standard InChI is InChI=1S/C13H12FN5O/c14-11-3-1-10(2-4-11)5-6-16-13(20)8-19-9-17-12(7-15)18-19/h1-4,9H,5-6,8H2,(H,16,20). The summed E-state index contributed by atoms with van der Waals surface area (Å²) < 4.78 is 14.0. The van der Waals surface area contributed by atoms with E-state index in [0.29, 0.717) is 13.0 Å². The van der Waals surface area contributed by atoms with Gasteiger partial charge >= 0.3 is 0 Å². The fourth-order valence-electron chi connectivity index (χ4n) is 1.62. The molecule has 102 valence electrons. The molecule has 0 aliphatic rings. The highest BCUT2D eigenvalue weighted by atomic mass is 19.1. The number of nitrogens with one attached hydrogen (secondary N) is 1. The Bertz CT molecular complexity index is 629. The van der Waals surface area contributed by atoms with Crippen LogP contribution in [-0.2, 0) is 17.8 Å². The van der Waals surface area contributed by atoms with Gasteiger partial charge in [0.1, 0.15) is 24.8 Å². The van der Waals surface area contributed by atoms with Crippen LogP contribution in [0.1, 0.15) is 11.4 Å². The second-order valence-electron chi connectivity index (χ2n) is 4.10. The van der Waals surface area contributed by atoms with Gasteiger partial charge in [-0.15, -0.1) is 5.10 Å². The number of carbonyl (C=O) groups excluding carboxylic acids is 1. The molecular formula is C13H12FN5O. The molecule has 2 rings (SSSR count). The molecule has 1 N–H and O–H groups in total. The molecule has 0 radical (unpaired) electrons. The monoisotopic (exact) mass is 273 g/mol. The molecule has 0 aliphatic heterocycles. The molecule has 0 aliphatic carbocycles. The van der Waals surface area contributed by atoms with Gasteiger partial charge in [-0.25, -0.2) is 14.1 Å². The third-order valence-electron chi connectivity index (χ3n) is 2.59. The fourth-order valence-corrected chi connectivity index (χ4v) is 1.62. The van der Waals surface area contributed by atoms with Crippen LogP contribution in [0, 0.1) is 17.1 Å². The van der Waals surface area contributed by atoms with Gasteiger partial charge in [-0.2, -0.15) is 5.26 Å². The van der Waals surface area contributed by atoms with Crippen molar-refractivity contribution in [2.75, 3.05) is 6.54 Å². The molecule has 20 heavy (non-hydrogen) atoms. The van der Waals surface area contributed by atoms with E-state index in [1.807, 2.05) is 0 Å². The molecule has 0 fully saturated rings. The summed E-state index contributed by atoms with van der Waals surface area (Å²) in [5, 5.41) is 15.1. The van der Waals surface area contributed by atoms with E-state index < -0.39 is 0 Å². The summed E-state index contributed by atoms with van der Waals surface area (Å²) in [7, 11) is 0. The average Bonchev–Trinajstić information content (AvgIpc) is 2.88. The van der Waals surface area contributed by atoms with Crippen molar-refractivity contribution in [3.8, 4) is 6.07 Å². The molecule has 1 aromatic carbocycles. The lowest BCUT2D eigenvalue weighted by atomic mass is 10.1. The Morgan fingerprint density at radius 2 is 2.15 bits per heavy atom. The van der Waals surface area contributed by atoms with Gasteiger partial charge in [0, 0.05) is 6.54 Å². The van der Waals surface area contributed by atoms with Crippen LogP contribution < -0.4 is 5.32 Å². The summed E-state index contributed by atoms with van der Waals surface area (Å²) in [5.74, 6) is -0.470. The molecule has 0 saturated carbocycles. The van der Waals surface area contributed by atoms with E-state index >= 15 is 0 Å². The van der Waals surface area contributed by atoms with Crippen molar-refractivity contribution in [2.45, 2.75) is 13.0 Å². The topological polar surface area (TPSA) is 83.6 Å². The van der Waals surface area contributed by atoms with Gasteiger partial charge in [0.25, 0.3) is 5.82 Å². The Morgan fingerprint density at radius 1 is 1.40 bits per heavy atom. The normalized spacial score (nSPS) is 10.0. The van der Waals surface area contributed by atoms with Crippen molar-refractivity contribution in [1.82, 2.24) is 20.1 Å². The van der Waals surface area contributed by atoms with Crippen LogP contribution in [0.4, 0.5) is 4.39 Å². The smallest absolute Gasteiger partial charge is 0.252 e. The first-order chi connectivity index (χ1) is 9.67. The third-order valence-corrected chi connectivity index (χ3v) is 2.59. The van der Waals surface area contributed by atoms with E-state index in [9.17, 15) is 9.18 Å². The predicted octanol–water partition coefficient (Wildman–Crippen LogP) is 0.648. The minimum atomic E-state index is -0.280. The number of rotatable bonds is 5. The van der Waals surface area contributed by atoms with Gasteiger partial charge in [0.05, 0.1) is 0 Å². The van der Waals surface area contributed by atoms with Crippen LogP contribution in [0.5, 0.6) is 0 Å². The first-order valence-corrected chi connectivity index (χ1v) is 5.98. The zero-order valence-electron chi connectivity index (χ0n) is 10.6. The van der Waals surface area contributed by atoms with Crippen LogP contribution >= 0.6 is 0 Å². The molecule has 0 bridgehead atoms. The number of carbonyl (C=O) groups is 1. The largest absolute Gasteiger partial charge is 0.354 e. The van der Waals surface area contributed by atoms with Crippen molar-refractivity contribution >= 4 is 5.91 Å².